The molecule has 0 spiro atoms. The van der Waals surface area contributed by atoms with Crippen molar-refractivity contribution in [3.8, 4) is 0 Å². The second-order valence-corrected chi connectivity index (χ2v) is 9.88. The summed E-state index contributed by atoms with van der Waals surface area (Å²) in [4.78, 5) is 13.7. The van der Waals surface area contributed by atoms with Gasteiger partial charge in [0.1, 0.15) is 11.7 Å². The molecular formula is C23H34N6. The molecule has 0 bridgehead atoms. The molecule has 1 fully saturated rings. The first-order chi connectivity index (χ1) is 13.5. The van der Waals surface area contributed by atoms with Crippen LogP contribution in [0.2, 0.25) is 0 Å². The van der Waals surface area contributed by atoms with E-state index in [1.165, 1.54) is 12.8 Å². The van der Waals surface area contributed by atoms with E-state index < -0.39 is 0 Å². The first-order valence-corrected chi connectivity index (χ1v) is 10.3. The Balaban J connectivity index is 1.91. The second kappa shape index (κ2) is 8.01. The van der Waals surface area contributed by atoms with E-state index in [9.17, 15) is 0 Å². The fourth-order valence-electron chi connectivity index (χ4n) is 4.42. The number of nitrogens with zero attached hydrogens (tertiary/aromatic N) is 3. The summed E-state index contributed by atoms with van der Waals surface area (Å²) in [6.07, 6.45) is 8.16. The monoisotopic (exact) mass is 394 g/mol. The molecule has 2 atom stereocenters. The molecule has 2 aromatic heterocycles. The zero-order chi connectivity index (χ0) is 21.2. The van der Waals surface area contributed by atoms with Gasteiger partial charge in [0.25, 0.3) is 0 Å². The van der Waals surface area contributed by atoms with Gasteiger partial charge in [-0.3, -0.25) is 4.98 Å². The smallest absolute Gasteiger partial charge is 0.158 e. The Kier molecular flexibility index (Phi) is 5.82. The Morgan fingerprint density at radius 3 is 2.83 bits per heavy atom. The molecule has 1 aliphatic rings. The molecular weight excluding hydrogens is 360 g/mol. The normalized spacial score (nSPS) is 23.6. The van der Waals surface area contributed by atoms with Crippen LogP contribution in [0.3, 0.4) is 0 Å². The zero-order valence-electron chi connectivity index (χ0n) is 18.3. The van der Waals surface area contributed by atoms with Crippen LogP contribution in [0.25, 0.3) is 10.9 Å². The number of anilines is 1. The van der Waals surface area contributed by atoms with Gasteiger partial charge in [0.05, 0.1) is 5.52 Å². The molecule has 1 aliphatic carbocycles. The summed E-state index contributed by atoms with van der Waals surface area (Å²) >= 11 is 0. The van der Waals surface area contributed by atoms with E-state index in [4.69, 9.17) is 16.5 Å². The first kappa shape index (κ1) is 21.1. The van der Waals surface area contributed by atoms with Gasteiger partial charge in [-0.15, -0.1) is 0 Å². The summed E-state index contributed by atoms with van der Waals surface area (Å²) in [6, 6.07) is 5.84. The minimum Gasteiger partial charge on any atom is -0.402 e. The topological polar surface area (TPSA) is 102 Å². The maximum atomic E-state index is 5.98. The third-order valence-electron chi connectivity index (χ3n) is 5.37. The van der Waals surface area contributed by atoms with Crippen LogP contribution in [0.15, 0.2) is 41.2 Å². The van der Waals surface area contributed by atoms with Crippen molar-refractivity contribution in [1.29, 1.82) is 0 Å². The third-order valence-corrected chi connectivity index (χ3v) is 5.37. The summed E-state index contributed by atoms with van der Waals surface area (Å²) in [5.41, 5.74) is 13.5. The Morgan fingerprint density at radius 2 is 2.14 bits per heavy atom. The number of nitrogens with one attached hydrogen (secondary N) is 1. The minimum atomic E-state index is 0.00726. The average Bonchev–Trinajstić information content (AvgIpc) is 2.92. The summed E-state index contributed by atoms with van der Waals surface area (Å²) in [5, 5.41) is 4.73. The minimum absolute atomic E-state index is 0.00726. The molecule has 156 valence electrons. The molecule has 0 radical (unpaired) electrons. The van der Waals surface area contributed by atoms with Gasteiger partial charge in [-0.2, -0.15) is 0 Å². The van der Waals surface area contributed by atoms with Crippen LogP contribution in [0.1, 0.15) is 60.3 Å². The molecule has 2 heterocycles. The van der Waals surface area contributed by atoms with E-state index >= 15 is 0 Å². The Bertz CT molecular complexity index is 936. The van der Waals surface area contributed by atoms with Gasteiger partial charge < -0.3 is 16.8 Å². The van der Waals surface area contributed by atoms with Crippen LogP contribution in [0, 0.1) is 11.3 Å². The molecule has 1 saturated carbocycles. The fourth-order valence-corrected chi connectivity index (χ4v) is 4.42. The van der Waals surface area contributed by atoms with Crippen LogP contribution in [0.4, 0.5) is 11.6 Å². The van der Waals surface area contributed by atoms with Crippen LogP contribution in [-0.2, 0) is 0 Å². The van der Waals surface area contributed by atoms with Gasteiger partial charge in [-0.1, -0.05) is 20.8 Å². The third kappa shape index (κ3) is 5.68. The predicted octanol–water partition coefficient (Wildman–Crippen LogP) is 4.89. The number of pyridine rings is 2. The number of hydrogen-bond donors (Lipinski definition) is 3. The van der Waals surface area contributed by atoms with Crippen molar-refractivity contribution < 1.29 is 0 Å². The van der Waals surface area contributed by atoms with E-state index in [0.717, 1.165) is 35.5 Å². The van der Waals surface area contributed by atoms with Gasteiger partial charge in [0.15, 0.2) is 5.82 Å². The second-order valence-electron chi connectivity index (χ2n) is 9.88. The maximum Gasteiger partial charge on any atom is 0.158 e. The standard InChI is InChI=1S/C23H34N6/c1-15(24)11-19(25)27-20-12-18-17(7-6-10-26-18)21(28-20)29-23(5)9-8-16(14-23)13-22(2,3)4/h6-7,10-12,16H,8-9,13-14,24H2,1-5H3,(H3,25,27,28,29). The van der Waals surface area contributed by atoms with Gasteiger partial charge in [-0.25, -0.2) is 9.98 Å². The Hall–Kier alpha value is -2.63. The lowest BCUT2D eigenvalue weighted by molar-refractivity contribution is 0.290. The van der Waals surface area contributed by atoms with Gasteiger partial charge >= 0.3 is 0 Å². The molecule has 6 nitrogen and oxygen atoms in total. The number of fused-ring (bicyclic) bond motifs is 1. The number of aromatic nitrogens is 2. The zero-order valence-corrected chi connectivity index (χ0v) is 18.3. The largest absolute Gasteiger partial charge is 0.402 e. The molecule has 0 aliphatic heterocycles. The van der Waals surface area contributed by atoms with Crippen LogP contribution in [-0.4, -0.2) is 21.3 Å². The summed E-state index contributed by atoms with van der Waals surface area (Å²) < 4.78 is 0. The van der Waals surface area contributed by atoms with Crippen LogP contribution < -0.4 is 16.8 Å². The molecule has 2 aromatic rings. The molecule has 29 heavy (non-hydrogen) atoms. The van der Waals surface area contributed by atoms with E-state index in [1.807, 2.05) is 18.2 Å². The Labute approximate surface area is 173 Å². The van der Waals surface area contributed by atoms with Gasteiger partial charge in [-0.05, 0) is 69.1 Å². The maximum absolute atomic E-state index is 5.98. The number of rotatable bonds is 5. The van der Waals surface area contributed by atoms with Gasteiger partial charge in [0, 0.05) is 28.9 Å². The van der Waals surface area contributed by atoms with Crippen molar-refractivity contribution in [1.82, 2.24) is 9.97 Å². The van der Waals surface area contributed by atoms with Crippen molar-refractivity contribution in [2.45, 2.75) is 65.8 Å². The molecule has 0 aromatic carbocycles. The van der Waals surface area contributed by atoms with E-state index in [2.05, 4.69) is 43.0 Å². The Morgan fingerprint density at radius 1 is 1.38 bits per heavy atom. The summed E-state index contributed by atoms with van der Waals surface area (Å²) in [7, 11) is 0. The van der Waals surface area contributed by atoms with Crippen LogP contribution in [0.5, 0.6) is 0 Å². The highest BCUT2D eigenvalue weighted by molar-refractivity contribution is 5.95. The van der Waals surface area contributed by atoms with Crippen molar-refractivity contribution >= 4 is 28.4 Å². The number of hydrogen-bond acceptors (Lipinski definition) is 5. The summed E-state index contributed by atoms with van der Waals surface area (Å²) in [6.45, 7) is 11.0. The molecule has 2 unspecified atom stereocenters. The molecule has 3 rings (SSSR count). The quantitative estimate of drug-likeness (QED) is 0.495. The number of allylic oxidation sites excluding steroid dienone is 1. The molecule has 6 heteroatoms. The lowest BCUT2D eigenvalue weighted by Crippen LogP contribution is -2.32. The molecule has 0 saturated heterocycles. The van der Waals surface area contributed by atoms with Crippen molar-refractivity contribution in [2.75, 3.05) is 5.32 Å². The number of amidine groups is 1. The van der Waals surface area contributed by atoms with Crippen LogP contribution >= 0.6 is 0 Å². The van der Waals surface area contributed by atoms with Crippen molar-refractivity contribution in [3.63, 3.8) is 0 Å². The van der Waals surface area contributed by atoms with Crippen molar-refractivity contribution in [2.24, 2.45) is 27.8 Å². The SMILES string of the molecule is CC(N)=CC(N)=Nc1cc2ncccc2c(NC2(C)CCC(CC(C)(C)C)C2)n1. The van der Waals surface area contributed by atoms with Gasteiger partial charge in [0.2, 0.25) is 0 Å². The molecule has 0 amide bonds. The number of nitrogens with two attached hydrogens (primary N) is 2. The average molecular weight is 395 g/mol. The van der Waals surface area contributed by atoms with E-state index in [-0.39, 0.29) is 5.54 Å². The highest BCUT2D eigenvalue weighted by Crippen LogP contribution is 2.42. The highest BCUT2D eigenvalue weighted by atomic mass is 15.1. The summed E-state index contributed by atoms with van der Waals surface area (Å²) in [5.74, 6) is 2.40. The van der Waals surface area contributed by atoms with E-state index in [0.29, 0.717) is 22.8 Å². The molecule has 5 N–H and O–H groups in total. The van der Waals surface area contributed by atoms with Crippen molar-refractivity contribution in [3.05, 3.63) is 36.2 Å². The number of aliphatic imine (C=N–C) groups is 1. The predicted molar refractivity (Wildman–Crippen MR) is 122 cm³/mol. The highest BCUT2D eigenvalue weighted by Gasteiger charge is 2.37. The lowest BCUT2D eigenvalue weighted by atomic mass is 9.83. The fraction of sp³-hybridized carbons (Fsp3) is 0.522. The van der Waals surface area contributed by atoms with E-state index in [1.54, 1.807) is 19.2 Å². The lowest BCUT2D eigenvalue weighted by Gasteiger charge is -2.29. The first-order valence-electron chi connectivity index (χ1n) is 10.3.